The van der Waals surface area contributed by atoms with Crippen LogP contribution in [0.2, 0.25) is 0 Å². The van der Waals surface area contributed by atoms with Crippen molar-refractivity contribution >= 4 is 39.5 Å². The van der Waals surface area contributed by atoms with Crippen molar-refractivity contribution in [2.75, 3.05) is 38.3 Å². The number of ether oxygens (including phenoxy) is 1. The molecule has 3 N–H and O–H groups in total. The molecule has 4 heterocycles. The van der Waals surface area contributed by atoms with Gasteiger partial charge in [0.2, 0.25) is 5.95 Å². The van der Waals surface area contributed by atoms with Crippen LogP contribution in [0, 0.1) is 0 Å². The number of para-hydroxylation sites is 1. The molecule has 1 aliphatic heterocycles. The van der Waals surface area contributed by atoms with Crippen LogP contribution >= 0.6 is 11.3 Å². The van der Waals surface area contributed by atoms with E-state index in [-0.39, 0.29) is 0 Å². The zero-order valence-corrected chi connectivity index (χ0v) is 19.2. The summed E-state index contributed by atoms with van der Waals surface area (Å²) in [5, 5.41) is 9.03. The van der Waals surface area contributed by atoms with Gasteiger partial charge in [-0.1, -0.05) is 6.07 Å². The summed E-state index contributed by atoms with van der Waals surface area (Å²) >= 11 is 2.02. The first-order chi connectivity index (χ1) is 15.7. The average molecular weight is 450 g/mol. The topological polar surface area (TPSA) is 93.6 Å². The minimum atomic E-state index is 0.323. The third-order valence-electron chi connectivity index (χ3n) is 6.57. The van der Waals surface area contributed by atoms with Crippen LogP contribution in [-0.4, -0.2) is 51.7 Å². The zero-order chi connectivity index (χ0) is 21.8. The normalized spacial score (nSPS) is 16.6. The monoisotopic (exact) mass is 449 g/mol. The van der Waals surface area contributed by atoms with Crippen LogP contribution < -0.4 is 15.8 Å². The van der Waals surface area contributed by atoms with E-state index in [1.165, 1.54) is 23.4 Å². The Morgan fingerprint density at radius 2 is 2.16 bits per heavy atom. The van der Waals surface area contributed by atoms with E-state index in [0.29, 0.717) is 17.2 Å². The molecule has 6 rings (SSSR count). The number of rotatable bonds is 6. The second-order valence-electron chi connectivity index (χ2n) is 8.63. The van der Waals surface area contributed by atoms with Crippen LogP contribution in [0.25, 0.3) is 16.6 Å². The Morgan fingerprint density at radius 3 is 2.94 bits per heavy atom. The van der Waals surface area contributed by atoms with Crippen molar-refractivity contribution in [1.29, 1.82) is 0 Å². The molecule has 32 heavy (non-hydrogen) atoms. The van der Waals surface area contributed by atoms with Gasteiger partial charge in [-0.05, 0) is 42.9 Å². The van der Waals surface area contributed by atoms with Crippen molar-refractivity contribution in [3.8, 4) is 5.75 Å². The number of nitrogens with two attached hydrogens (primary N) is 1. The van der Waals surface area contributed by atoms with Crippen molar-refractivity contribution in [3.05, 3.63) is 39.3 Å². The largest absolute Gasteiger partial charge is 0.494 e. The Morgan fingerprint density at radius 1 is 1.28 bits per heavy atom. The van der Waals surface area contributed by atoms with Crippen LogP contribution in [0.3, 0.4) is 0 Å². The molecule has 8 nitrogen and oxygen atoms in total. The number of nitrogens with one attached hydrogen (secondary N) is 1. The Labute approximate surface area is 190 Å². The molecule has 1 aromatic carbocycles. The summed E-state index contributed by atoms with van der Waals surface area (Å²) in [5.74, 6) is 2.59. The number of hydrogen-bond donors (Lipinski definition) is 2. The SMILES string of the molecule is CNc1c(C2CC2)sc2c1CCN(CCc1nc3c4cccc(OC)c4nc(N)n3n1)C2. The van der Waals surface area contributed by atoms with Crippen LogP contribution in [0.15, 0.2) is 18.2 Å². The van der Waals surface area contributed by atoms with Gasteiger partial charge < -0.3 is 15.8 Å². The van der Waals surface area contributed by atoms with Gasteiger partial charge >= 0.3 is 0 Å². The number of hydrogen-bond acceptors (Lipinski definition) is 8. The molecule has 3 aromatic heterocycles. The minimum Gasteiger partial charge on any atom is -0.494 e. The maximum atomic E-state index is 6.19. The smallest absolute Gasteiger partial charge is 0.223 e. The fourth-order valence-corrected chi connectivity index (χ4v) is 6.34. The lowest BCUT2D eigenvalue weighted by molar-refractivity contribution is 0.259. The number of benzene rings is 1. The predicted molar refractivity (Wildman–Crippen MR) is 128 cm³/mol. The number of methoxy groups -OCH3 is 1. The summed E-state index contributed by atoms with van der Waals surface area (Å²) in [6.45, 7) is 3.01. The van der Waals surface area contributed by atoms with Gasteiger partial charge in [-0.2, -0.15) is 4.52 Å². The Kier molecular flexibility index (Phi) is 4.69. The first-order valence-electron chi connectivity index (χ1n) is 11.2. The molecule has 166 valence electrons. The molecule has 0 amide bonds. The predicted octanol–water partition coefficient (Wildman–Crippen LogP) is 3.45. The summed E-state index contributed by atoms with van der Waals surface area (Å²) < 4.78 is 7.09. The Hall–Kier alpha value is -2.91. The molecule has 0 unspecified atom stereocenters. The molecule has 1 aliphatic carbocycles. The van der Waals surface area contributed by atoms with Gasteiger partial charge in [0.25, 0.3) is 0 Å². The van der Waals surface area contributed by atoms with Crippen LogP contribution in [0.5, 0.6) is 5.75 Å². The standard InChI is InChI=1S/C23H27N7OS/c1-25-20-14-8-10-29(12-17(14)32-21(20)13-6-7-13)11-9-18-26-22-15-4-3-5-16(31-2)19(15)27-23(24)30(22)28-18/h3-5,13,25H,6-12H2,1-2H3,(H2,24,27). The van der Waals surface area contributed by atoms with E-state index in [1.807, 2.05) is 29.5 Å². The first kappa shape index (κ1) is 19.8. The Balaban J connectivity index is 1.23. The lowest BCUT2D eigenvalue weighted by atomic mass is 10.0. The maximum Gasteiger partial charge on any atom is 0.223 e. The number of aromatic nitrogens is 4. The van der Waals surface area contributed by atoms with E-state index >= 15 is 0 Å². The van der Waals surface area contributed by atoms with Crippen molar-refractivity contribution in [1.82, 2.24) is 24.5 Å². The highest BCUT2D eigenvalue weighted by Gasteiger charge is 2.32. The fraction of sp³-hybridized carbons (Fsp3) is 0.435. The van der Waals surface area contributed by atoms with Gasteiger partial charge in [-0.3, -0.25) is 4.90 Å². The summed E-state index contributed by atoms with van der Waals surface area (Å²) in [7, 11) is 3.70. The molecule has 0 spiro atoms. The summed E-state index contributed by atoms with van der Waals surface area (Å²) in [5.41, 5.74) is 10.6. The van der Waals surface area contributed by atoms with Crippen LogP contribution in [0.4, 0.5) is 11.6 Å². The molecule has 4 aromatic rings. The maximum absolute atomic E-state index is 6.19. The molecule has 2 aliphatic rings. The van der Waals surface area contributed by atoms with E-state index in [2.05, 4.69) is 27.3 Å². The van der Waals surface area contributed by atoms with Gasteiger partial charge in [0.15, 0.2) is 11.5 Å². The molecular formula is C23H27N7OS. The minimum absolute atomic E-state index is 0.323. The number of fused-ring (bicyclic) bond motifs is 4. The lowest BCUT2D eigenvalue weighted by Crippen LogP contribution is -2.31. The molecule has 0 radical (unpaired) electrons. The van der Waals surface area contributed by atoms with Gasteiger partial charge in [0.05, 0.1) is 12.8 Å². The molecule has 0 saturated heterocycles. The molecule has 9 heteroatoms. The summed E-state index contributed by atoms with van der Waals surface area (Å²) in [4.78, 5) is 14.9. The quantitative estimate of drug-likeness (QED) is 0.466. The van der Waals surface area contributed by atoms with Crippen molar-refractivity contribution in [2.45, 2.75) is 38.1 Å². The fourth-order valence-electron chi connectivity index (χ4n) is 4.77. The molecule has 1 saturated carbocycles. The van der Waals surface area contributed by atoms with Crippen molar-refractivity contribution < 1.29 is 4.74 Å². The van der Waals surface area contributed by atoms with E-state index in [1.54, 1.807) is 22.1 Å². The van der Waals surface area contributed by atoms with Gasteiger partial charge in [-0.15, -0.1) is 16.4 Å². The average Bonchev–Trinajstić information content (AvgIpc) is 3.45. The second-order valence-corrected chi connectivity index (χ2v) is 9.77. The molecule has 0 bridgehead atoms. The van der Waals surface area contributed by atoms with Crippen LogP contribution in [0.1, 0.15) is 39.9 Å². The van der Waals surface area contributed by atoms with Gasteiger partial charge in [0.1, 0.15) is 11.3 Å². The highest BCUT2D eigenvalue weighted by Crippen LogP contribution is 2.50. The van der Waals surface area contributed by atoms with E-state index in [9.17, 15) is 0 Å². The molecule has 1 fully saturated rings. The Bertz CT molecular complexity index is 1320. The zero-order valence-electron chi connectivity index (χ0n) is 18.4. The van der Waals surface area contributed by atoms with Gasteiger partial charge in [0, 0.05) is 48.2 Å². The summed E-state index contributed by atoms with van der Waals surface area (Å²) in [6.07, 6.45) is 4.57. The number of nitrogen functional groups attached to an aromatic ring is 1. The van der Waals surface area contributed by atoms with E-state index in [4.69, 9.17) is 15.5 Å². The number of thiophene rings is 1. The van der Waals surface area contributed by atoms with Crippen LogP contribution in [-0.2, 0) is 19.4 Å². The number of anilines is 2. The van der Waals surface area contributed by atoms with Gasteiger partial charge in [-0.25, -0.2) is 9.97 Å². The third-order valence-corrected chi connectivity index (χ3v) is 7.95. The van der Waals surface area contributed by atoms with Crippen molar-refractivity contribution in [3.63, 3.8) is 0 Å². The highest BCUT2D eigenvalue weighted by molar-refractivity contribution is 7.13. The van der Waals surface area contributed by atoms with E-state index in [0.717, 1.165) is 55.3 Å². The summed E-state index contributed by atoms with van der Waals surface area (Å²) in [6, 6.07) is 5.80. The lowest BCUT2D eigenvalue weighted by Gasteiger charge is -2.26. The van der Waals surface area contributed by atoms with Crippen molar-refractivity contribution in [2.24, 2.45) is 0 Å². The molecular weight excluding hydrogens is 422 g/mol. The first-order valence-corrected chi connectivity index (χ1v) is 12.0. The van der Waals surface area contributed by atoms with E-state index < -0.39 is 0 Å². The second kappa shape index (κ2) is 7.60. The molecule has 0 atom stereocenters. The highest BCUT2D eigenvalue weighted by atomic mass is 32.1. The third kappa shape index (κ3) is 3.18. The number of nitrogens with zero attached hydrogens (tertiary/aromatic N) is 5.